The number of carbonyl (C=O) groups excluding carboxylic acids is 1. The molecule has 0 bridgehead atoms. The Kier molecular flexibility index (Phi) is 3.46. The van der Waals surface area contributed by atoms with E-state index in [0.29, 0.717) is 18.7 Å². The van der Waals surface area contributed by atoms with Crippen molar-refractivity contribution >= 4 is 16.9 Å². The third kappa shape index (κ3) is 2.42. The number of H-pyrrole nitrogens is 1. The Morgan fingerprint density at radius 1 is 1.50 bits per heavy atom. The summed E-state index contributed by atoms with van der Waals surface area (Å²) in [6, 6.07) is 5.51. The average Bonchev–Trinajstić information content (AvgIpc) is 2.81. The maximum absolute atomic E-state index is 12.3. The number of likely N-dealkylation sites (N-methyl/N-ethyl adjacent to an activating group) is 1. The number of carbonyl (C=O) groups is 1. The van der Waals surface area contributed by atoms with E-state index >= 15 is 0 Å². The highest BCUT2D eigenvalue weighted by Gasteiger charge is 2.14. The molecule has 0 unspecified atom stereocenters. The smallest absolute Gasteiger partial charge is 0.254 e. The van der Waals surface area contributed by atoms with Crippen molar-refractivity contribution in [3.63, 3.8) is 0 Å². The van der Waals surface area contributed by atoms with Gasteiger partial charge in [-0.1, -0.05) is 12.2 Å². The molecule has 1 N–H and O–H groups in total. The molecular formula is C14H17N3O. The number of hydrogen-bond donors (Lipinski definition) is 1. The van der Waals surface area contributed by atoms with Crippen molar-refractivity contribution in [3.8, 4) is 0 Å². The van der Waals surface area contributed by atoms with Crippen molar-refractivity contribution in [3.05, 3.63) is 42.2 Å². The summed E-state index contributed by atoms with van der Waals surface area (Å²) in [4.78, 5) is 21.3. The molecule has 1 aromatic heterocycles. The van der Waals surface area contributed by atoms with E-state index in [0.717, 1.165) is 16.6 Å². The van der Waals surface area contributed by atoms with Gasteiger partial charge in [0.1, 0.15) is 0 Å². The van der Waals surface area contributed by atoms with Crippen molar-refractivity contribution in [2.45, 2.75) is 13.8 Å². The van der Waals surface area contributed by atoms with Crippen molar-refractivity contribution in [1.29, 1.82) is 0 Å². The van der Waals surface area contributed by atoms with Crippen molar-refractivity contribution in [2.24, 2.45) is 0 Å². The van der Waals surface area contributed by atoms with Crippen molar-refractivity contribution in [2.75, 3.05) is 13.1 Å². The minimum atomic E-state index is 0.0250. The number of amides is 1. The molecule has 0 aliphatic carbocycles. The molecule has 2 aromatic rings. The van der Waals surface area contributed by atoms with Crippen molar-refractivity contribution in [1.82, 2.24) is 14.9 Å². The summed E-state index contributed by atoms with van der Waals surface area (Å²) in [7, 11) is 0. The maximum Gasteiger partial charge on any atom is 0.254 e. The molecule has 0 fully saturated rings. The predicted octanol–water partition coefficient (Wildman–Crippen LogP) is 2.60. The topological polar surface area (TPSA) is 49.0 Å². The summed E-state index contributed by atoms with van der Waals surface area (Å²) < 4.78 is 0. The molecule has 1 heterocycles. The molecule has 0 atom stereocenters. The SMILES string of the molecule is C=C(C)CN(CC)C(=O)c1ccc2nc[nH]c2c1. The summed E-state index contributed by atoms with van der Waals surface area (Å²) in [6.45, 7) is 9.01. The first kappa shape index (κ1) is 12.4. The molecule has 18 heavy (non-hydrogen) atoms. The third-order valence-electron chi connectivity index (χ3n) is 2.80. The highest BCUT2D eigenvalue weighted by Crippen LogP contribution is 2.14. The Morgan fingerprint density at radius 3 is 2.94 bits per heavy atom. The molecule has 2 rings (SSSR count). The predicted molar refractivity (Wildman–Crippen MR) is 72.5 cm³/mol. The minimum Gasteiger partial charge on any atom is -0.345 e. The zero-order valence-corrected chi connectivity index (χ0v) is 10.7. The fourth-order valence-corrected chi connectivity index (χ4v) is 1.90. The van der Waals surface area contributed by atoms with Gasteiger partial charge in [0.25, 0.3) is 5.91 Å². The average molecular weight is 243 g/mol. The van der Waals surface area contributed by atoms with Gasteiger partial charge < -0.3 is 9.88 Å². The van der Waals surface area contributed by atoms with E-state index in [9.17, 15) is 4.79 Å². The van der Waals surface area contributed by atoms with Crippen LogP contribution in [0.3, 0.4) is 0 Å². The second-order valence-electron chi connectivity index (χ2n) is 4.41. The van der Waals surface area contributed by atoms with Crippen LogP contribution in [0.15, 0.2) is 36.7 Å². The van der Waals surface area contributed by atoms with E-state index in [1.165, 1.54) is 0 Å². The number of fused-ring (bicyclic) bond motifs is 1. The van der Waals surface area contributed by atoms with E-state index in [4.69, 9.17) is 0 Å². The van der Waals surface area contributed by atoms with Crippen LogP contribution in [-0.4, -0.2) is 33.9 Å². The van der Waals surface area contributed by atoms with E-state index in [2.05, 4.69) is 16.5 Å². The largest absolute Gasteiger partial charge is 0.345 e. The second-order valence-corrected chi connectivity index (χ2v) is 4.41. The van der Waals surface area contributed by atoms with E-state index < -0.39 is 0 Å². The van der Waals surface area contributed by atoms with E-state index in [1.54, 1.807) is 11.2 Å². The molecular weight excluding hydrogens is 226 g/mol. The highest BCUT2D eigenvalue weighted by molar-refractivity contribution is 5.97. The molecule has 0 spiro atoms. The van der Waals surface area contributed by atoms with Gasteiger partial charge in [-0.25, -0.2) is 4.98 Å². The standard InChI is InChI=1S/C14H17N3O/c1-4-17(8-10(2)3)14(18)11-5-6-12-13(7-11)16-9-15-12/h5-7,9H,2,4,8H2,1,3H3,(H,15,16). The molecule has 0 radical (unpaired) electrons. The summed E-state index contributed by atoms with van der Waals surface area (Å²) in [6.07, 6.45) is 1.63. The second kappa shape index (κ2) is 5.04. The van der Waals surface area contributed by atoms with Crippen LogP contribution in [-0.2, 0) is 0 Å². The van der Waals surface area contributed by atoms with Gasteiger partial charge in [-0.15, -0.1) is 0 Å². The van der Waals surface area contributed by atoms with Crippen LogP contribution in [0.1, 0.15) is 24.2 Å². The lowest BCUT2D eigenvalue weighted by Crippen LogP contribution is -2.32. The number of aromatic amines is 1. The van der Waals surface area contributed by atoms with Crippen LogP contribution < -0.4 is 0 Å². The van der Waals surface area contributed by atoms with Gasteiger partial charge in [0.2, 0.25) is 0 Å². The van der Waals surface area contributed by atoms with Crippen molar-refractivity contribution < 1.29 is 4.79 Å². The van der Waals surface area contributed by atoms with E-state index in [-0.39, 0.29) is 5.91 Å². The van der Waals surface area contributed by atoms with Crippen LogP contribution in [0.2, 0.25) is 0 Å². The van der Waals surface area contributed by atoms with Crippen LogP contribution in [0, 0.1) is 0 Å². The zero-order chi connectivity index (χ0) is 13.1. The zero-order valence-electron chi connectivity index (χ0n) is 10.7. The highest BCUT2D eigenvalue weighted by atomic mass is 16.2. The number of benzene rings is 1. The number of imidazole rings is 1. The molecule has 94 valence electrons. The van der Waals surface area contributed by atoms with Crippen LogP contribution in [0.5, 0.6) is 0 Å². The molecule has 1 amide bonds. The summed E-state index contributed by atoms with van der Waals surface area (Å²) >= 11 is 0. The third-order valence-corrected chi connectivity index (χ3v) is 2.80. The maximum atomic E-state index is 12.3. The Hall–Kier alpha value is -2.10. The van der Waals surface area contributed by atoms with Gasteiger partial charge >= 0.3 is 0 Å². The molecule has 4 heteroatoms. The number of hydrogen-bond acceptors (Lipinski definition) is 2. The molecule has 0 aliphatic heterocycles. The lowest BCUT2D eigenvalue weighted by molar-refractivity contribution is 0.0778. The molecule has 0 saturated heterocycles. The Labute approximate surface area is 106 Å². The fourth-order valence-electron chi connectivity index (χ4n) is 1.90. The quantitative estimate of drug-likeness (QED) is 0.839. The minimum absolute atomic E-state index is 0.0250. The first-order chi connectivity index (χ1) is 8.61. The van der Waals surface area contributed by atoms with Gasteiger partial charge in [0.15, 0.2) is 0 Å². The van der Waals surface area contributed by atoms with Crippen LogP contribution in [0.25, 0.3) is 11.0 Å². The van der Waals surface area contributed by atoms with Gasteiger partial charge in [0.05, 0.1) is 17.4 Å². The van der Waals surface area contributed by atoms with Gasteiger partial charge in [-0.3, -0.25) is 4.79 Å². The number of nitrogens with zero attached hydrogens (tertiary/aromatic N) is 2. The van der Waals surface area contributed by atoms with Gasteiger partial charge in [-0.2, -0.15) is 0 Å². The normalized spacial score (nSPS) is 10.6. The Balaban J connectivity index is 2.28. The summed E-state index contributed by atoms with van der Waals surface area (Å²) in [5.41, 5.74) is 3.41. The summed E-state index contributed by atoms with van der Waals surface area (Å²) in [5.74, 6) is 0.0250. The number of nitrogens with one attached hydrogen (secondary N) is 1. The van der Waals surface area contributed by atoms with Gasteiger partial charge in [-0.05, 0) is 32.0 Å². The lowest BCUT2D eigenvalue weighted by atomic mass is 10.1. The monoisotopic (exact) mass is 243 g/mol. The number of aromatic nitrogens is 2. The van der Waals surface area contributed by atoms with Crippen LogP contribution >= 0.6 is 0 Å². The molecule has 1 aromatic carbocycles. The fraction of sp³-hybridized carbons (Fsp3) is 0.286. The van der Waals surface area contributed by atoms with E-state index in [1.807, 2.05) is 32.0 Å². The summed E-state index contributed by atoms with van der Waals surface area (Å²) in [5, 5.41) is 0. The van der Waals surface area contributed by atoms with Crippen LogP contribution in [0.4, 0.5) is 0 Å². The Bertz CT molecular complexity index is 585. The first-order valence-electron chi connectivity index (χ1n) is 5.98. The number of rotatable bonds is 4. The lowest BCUT2D eigenvalue weighted by Gasteiger charge is -2.20. The molecule has 0 aliphatic rings. The molecule has 0 saturated carbocycles. The van der Waals surface area contributed by atoms with Gasteiger partial charge in [0, 0.05) is 18.7 Å². The first-order valence-corrected chi connectivity index (χ1v) is 5.98. The Morgan fingerprint density at radius 2 is 2.28 bits per heavy atom. The molecule has 4 nitrogen and oxygen atoms in total.